The third-order valence-corrected chi connectivity index (χ3v) is 3.21. The lowest BCUT2D eigenvalue weighted by atomic mass is 10.1. The number of nitrogens with one attached hydrogen (secondary N) is 1. The van der Waals surface area contributed by atoms with Gasteiger partial charge in [0.15, 0.2) is 11.5 Å². The van der Waals surface area contributed by atoms with Crippen molar-refractivity contribution in [2.24, 2.45) is 0 Å². The molecule has 0 saturated heterocycles. The molecular formula is C16H21N3O2. The summed E-state index contributed by atoms with van der Waals surface area (Å²) >= 11 is 0. The van der Waals surface area contributed by atoms with Gasteiger partial charge in [0.2, 0.25) is 5.95 Å². The molecular weight excluding hydrogens is 266 g/mol. The minimum absolute atomic E-state index is 0.702. The second kappa shape index (κ2) is 7.38. The Morgan fingerprint density at radius 2 is 2.10 bits per heavy atom. The number of imidazole rings is 1. The number of aromatic nitrogens is 2. The Morgan fingerprint density at radius 1 is 1.29 bits per heavy atom. The molecule has 0 saturated carbocycles. The fourth-order valence-corrected chi connectivity index (χ4v) is 2.11. The molecule has 0 radical (unpaired) electrons. The molecule has 0 fully saturated rings. The average Bonchev–Trinajstić information content (AvgIpc) is 2.97. The summed E-state index contributed by atoms with van der Waals surface area (Å²) in [6, 6.07) is 5.99. The molecule has 2 rings (SSSR count). The number of benzene rings is 1. The van der Waals surface area contributed by atoms with Gasteiger partial charge in [-0.2, -0.15) is 0 Å². The Bertz CT molecular complexity index is 593. The van der Waals surface area contributed by atoms with Gasteiger partial charge in [-0.25, -0.2) is 4.98 Å². The highest BCUT2D eigenvalue weighted by Gasteiger charge is 2.06. The van der Waals surface area contributed by atoms with Gasteiger partial charge in [0.05, 0.1) is 14.2 Å². The molecule has 21 heavy (non-hydrogen) atoms. The number of hydrogen-bond donors (Lipinski definition) is 1. The summed E-state index contributed by atoms with van der Waals surface area (Å²) < 4.78 is 12.7. The summed E-state index contributed by atoms with van der Waals surface area (Å²) in [5.41, 5.74) is 1.19. The highest BCUT2D eigenvalue weighted by atomic mass is 16.5. The van der Waals surface area contributed by atoms with Gasteiger partial charge in [-0.05, 0) is 24.1 Å². The normalized spacial score (nSPS) is 10.2. The highest BCUT2D eigenvalue weighted by Crippen LogP contribution is 2.27. The molecule has 5 nitrogen and oxygen atoms in total. The van der Waals surface area contributed by atoms with E-state index in [1.165, 1.54) is 5.56 Å². The molecule has 1 aromatic carbocycles. The number of rotatable bonds is 8. The van der Waals surface area contributed by atoms with E-state index in [1.807, 2.05) is 24.4 Å². The van der Waals surface area contributed by atoms with Crippen LogP contribution in [0.25, 0.3) is 0 Å². The average molecular weight is 287 g/mol. The van der Waals surface area contributed by atoms with E-state index in [2.05, 4.69) is 27.5 Å². The van der Waals surface area contributed by atoms with Crippen LogP contribution in [0.1, 0.15) is 5.56 Å². The molecule has 0 aliphatic rings. The van der Waals surface area contributed by atoms with Crippen molar-refractivity contribution in [3.8, 4) is 11.5 Å². The van der Waals surface area contributed by atoms with Crippen LogP contribution in [-0.2, 0) is 13.0 Å². The summed E-state index contributed by atoms with van der Waals surface area (Å²) in [5, 5.41) is 3.21. The van der Waals surface area contributed by atoms with Crippen LogP contribution >= 0.6 is 0 Å². The summed E-state index contributed by atoms with van der Waals surface area (Å²) in [4.78, 5) is 4.29. The lowest BCUT2D eigenvalue weighted by Gasteiger charge is -2.11. The lowest BCUT2D eigenvalue weighted by molar-refractivity contribution is 0.354. The van der Waals surface area contributed by atoms with Crippen LogP contribution in [0, 0.1) is 0 Å². The van der Waals surface area contributed by atoms with Gasteiger partial charge in [0.25, 0.3) is 0 Å². The van der Waals surface area contributed by atoms with Gasteiger partial charge in [0.1, 0.15) is 0 Å². The van der Waals surface area contributed by atoms with E-state index in [4.69, 9.17) is 9.47 Å². The summed E-state index contributed by atoms with van der Waals surface area (Å²) in [6.45, 7) is 5.24. The van der Waals surface area contributed by atoms with Gasteiger partial charge in [0, 0.05) is 25.5 Å². The molecule has 0 bridgehead atoms. The van der Waals surface area contributed by atoms with Crippen molar-refractivity contribution in [3.63, 3.8) is 0 Å². The topological polar surface area (TPSA) is 48.3 Å². The number of aryl methyl sites for hydroxylation is 2. The van der Waals surface area contributed by atoms with Crippen LogP contribution in [0.5, 0.6) is 11.5 Å². The Balaban J connectivity index is 2.03. The van der Waals surface area contributed by atoms with E-state index in [-0.39, 0.29) is 0 Å². The fourth-order valence-electron chi connectivity index (χ4n) is 2.11. The Labute approximate surface area is 125 Å². The Morgan fingerprint density at radius 3 is 2.81 bits per heavy atom. The van der Waals surface area contributed by atoms with E-state index in [0.717, 1.165) is 30.4 Å². The molecule has 1 aromatic heterocycles. The predicted octanol–water partition coefficient (Wildman–Crippen LogP) is 2.74. The van der Waals surface area contributed by atoms with Crippen LogP contribution in [-0.4, -0.2) is 30.3 Å². The third-order valence-electron chi connectivity index (χ3n) is 3.21. The van der Waals surface area contributed by atoms with Gasteiger partial charge in [-0.1, -0.05) is 12.1 Å². The zero-order valence-electron chi connectivity index (χ0n) is 12.5. The van der Waals surface area contributed by atoms with E-state index >= 15 is 0 Å². The molecule has 0 atom stereocenters. The Hall–Kier alpha value is -2.43. The predicted molar refractivity (Wildman–Crippen MR) is 84.2 cm³/mol. The first-order valence-corrected chi connectivity index (χ1v) is 6.85. The third kappa shape index (κ3) is 3.78. The number of nitrogens with zero attached hydrogens (tertiary/aromatic N) is 2. The zero-order chi connectivity index (χ0) is 15.1. The van der Waals surface area contributed by atoms with Crippen molar-refractivity contribution in [1.29, 1.82) is 0 Å². The first-order chi connectivity index (χ1) is 10.3. The van der Waals surface area contributed by atoms with Crippen molar-refractivity contribution in [2.75, 3.05) is 26.1 Å². The second-order valence-electron chi connectivity index (χ2n) is 4.55. The van der Waals surface area contributed by atoms with E-state index < -0.39 is 0 Å². The van der Waals surface area contributed by atoms with Crippen molar-refractivity contribution in [2.45, 2.75) is 13.0 Å². The largest absolute Gasteiger partial charge is 0.493 e. The molecule has 1 heterocycles. The standard InChI is InChI=1S/C16H21N3O2/c1-4-8-17-16-18-9-11-19(16)10-7-13-5-6-14(20-2)15(12-13)21-3/h4-6,9,11-12H,1,7-8,10H2,2-3H3,(H,17,18). The number of hydrogen-bond acceptors (Lipinski definition) is 4. The fraction of sp³-hybridized carbons (Fsp3) is 0.312. The van der Waals surface area contributed by atoms with Gasteiger partial charge >= 0.3 is 0 Å². The van der Waals surface area contributed by atoms with Gasteiger partial charge in [-0.3, -0.25) is 0 Å². The summed E-state index contributed by atoms with van der Waals surface area (Å²) in [5.74, 6) is 2.36. The van der Waals surface area contributed by atoms with Crippen LogP contribution < -0.4 is 14.8 Å². The molecule has 0 unspecified atom stereocenters. The van der Waals surface area contributed by atoms with Crippen molar-refractivity contribution in [1.82, 2.24) is 9.55 Å². The van der Waals surface area contributed by atoms with Crippen LogP contribution in [0.2, 0.25) is 0 Å². The van der Waals surface area contributed by atoms with Crippen molar-refractivity contribution >= 4 is 5.95 Å². The maximum Gasteiger partial charge on any atom is 0.203 e. The van der Waals surface area contributed by atoms with Crippen LogP contribution in [0.15, 0.2) is 43.2 Å². The van der Waals surface area contributed by atoms with E-state index in [9.17, 15) is 0 Å². The molecule has 0 aliphatic carbocycles. The summed E-state index contributed by atoms with van der Waals surface area (Å²) in [6.07, 6.45) is 6.46. The maximum atomic E-state index is 5.32. The lowest BCUT2D eigenvalue weighted by Crippen LogP contribution is -2.08. The van der Waals surface area contributed by atoms with Crippen LogP contribution in [0.4, 0.5) is 5.95 Å². The first kappa shape index (κ1) is 15.0. The zero-order valence-corrected chi connectivity index (χ0v) is 12.5. The first-order valence-electron chi connectivity index (χ1n) is 6.85. The molecule has 5 heteroatoms. The number of anilines is 1. The monoisotopic (exact) mass is 287 g/mol. The molecule has 0 aliphatic heterocycles. The second-order valence-corrected chi connectivity index (χ2v) is 4.55. The molecule has 1 N–H and O–H groups in total. The number of methoxy groups -OCH3 is 2. The van der Waals surface area contributed by atoms with Crippen molar-refractivity contribution < 1.29 is 9.47 Å². The smallest absolute Gasteiger partial charge is 0.203 e. The molecule has 112 valence electrons. The number of ether oxygens (including phenoxy) is 2. The maximum absolute atomic E-state index is 5.32. The molecule has 0 spiro atoms. The van der Waals surface area contributed by atoms with Crippen molar-refractivity contribution in [3.05, 3.63) is 48.8 Å². The Kier molecular flexibility index (Phi) is 5.26. The minimum atomic E-state index is 0.702. The SMILES string of the molecule is C=CCNc1nccn1CCc1ccc(OC)c(OC)c1. The summed E-state index contributed by atoms with van der Waals surface area (Å²) in [7, 11) is 3.29. The molecule has 0 amide bonds. The van der Waals surface area contributed by atoms with Gasteiger partial charge < -0.3 is 19.4 Å². The minimum Gasteiger partial charge on any atom is -0.493 e. The van der Waals surface area contributed by atoms with Crippen LogP contribution in [0.3, 0.4) is 0 Å². The van der Waals surface area contributed by atoms with E-state index in [1.54, 1.807) is 20.4 Å². The van der Waals surface area contributed by atoms with E-state index in [0.29, 0.717) is 6.54 Å². The highest BCUT2D eigenvalue weighted by molar-refractivity contribution is 5.43. The van der Waals surface area contributed by atoms with Gasteiger partial charge in [-0.15, -0.1) is 6.58 Å². The quantitative estimate of drug-likeness (QED) is 0.758. The molecule has 2 aromatic rings.